The molecule has 1 atom stereocenters. The largest absolute Gasteiger partial charge is 0.295 e. The van der Waals surface area contributed by atoms with Gasteiger partial charge in [-0.15, -0.1) is 11.8 Å². The van der Waals surface area contributed by atoms with E-state index >= 15 is 0 Å². The predicted molar refractivity (Wildman–Crippen MR) is 94.1 cm³/mol. The van der Waals surface area contributed by atoms with Gasteiger partial charge in [-0.3, -0.25) is 9.69 Å². The molecule has 2 nitrogen and oxygen atoms in total. The fraction of sp³-hybridized carbons (Fsp3) is 0.316. The number of amides is 1. The average Bonchev–Trinajstić information content (AvgIpc) is 2.95. The minimum absolute atomic E-state index is 0.0320. The molecule has 23 heavy (non-hydrogen) atoms. The van der Waals surface area contributed by atoms with E-state index in [9.17, 15) is 9.18 Å². The lowest BCUT2D eigenvalue weighted by Crippen LogP contribution is -2.28. The van der Waals surface area contributed by atoms with Gasteiger partial charge in [0.05, 0.1) is 5.75 Å². The first-order valence-electron chi connectivity index (χ1n) is 7.97. The van der Waals surface area contributed by atoms with Gasteiger partial charge in [-0.25, -0.2) is 4.39 Å². The Hall–Kier alpha value is -1.81. The molecule has 0 radical (unpaired) electrons. The number of carbonyl (C=O) groups is 1. The van der Waals surface area contributed by atoms with Crippen LogP contribution in [0.3, 0.4) is 0 Å². The highest BCUT2D eigenvalue weighted by Gasteiger charge is 2.35. The van der Waals surface area contributed by atoms with Gasteiger partial charge in [-0.2, -0.15) is 0 Å². The Morgan fingerprint density at radius 3 is 2.61 bits per heavy atom. The van der Waals surface area contributed by atoms with Crippen molar-refractivity contribution < 1.29 is 9.18 Å². The van der Waals surface area contributed by atoms with Crippen LogP contribution in [0.15, 0.2) is 48.5 Å². The van der Waals surface area contributed by atoms with E-state index in [2.05, 4.69) is 19.1 Å². The van der Waals surface area contributed by atoms with Crippen molar-refractivity contribution >= 4 is 23.4 Å². The van der Waals surface area contributed by atoms with E-state index in [1.807, 2.05) is 18.2 Å². The van der Waals surface area contributed by atoms with Gasteiger partial charge in [0, 0.05) is 11.3 Å². The molecule has 2 aromatic carbocycles. The summed E-state index contributed by atoms with van der Waals surface area (Å²) in [7, 11) is 0. The number of carbonyl (C=O) groups excluding carboxylic acids is 1. The standard InChI is InChI=1S/C19H20FNOS/c1-2-3-6-14-9-11-15(12-10-14)21-18(22)13-23-19(21)16-7-4-5-8-17(16)20/h4-5,7-12,19H,2-3,6,13H2,1H3/t19-/m0/s1. The zero-order chi connectivity index (χ0) is 16.2. The van der Waals surface area contributed by atoms with E-state index in [1.54, 1.807) is 17.0 Å². The molecule has 0 aliphatic carbocycles. The maximum Gasteiger partial charge on any atom is 0.238 e. The number of anilines is 1. The number of aryl methyl sites for hydroxylation is 1. The monoisotopic (exact) mass is 329 g/mol. The Balaban J connectivity index is 1.87. The Kier molecular flexibility index (Phi) is 5.01. The summed E-state index contributed by atoms with van der Waals surface area (Å²) in [5.74, 6) is 0.158. The third-order valence-electron chi connectivity index (χ3n) is 4.07. The van der Waals surface area contributed by atoms with E-state index in [1.165, 1.54) is 29.8 Å². The van der Waals surface area contributed by atoms with Crippen molar-refractivity contribution in [2.24, 2.45) is 0 Å². The number of benzene rings is 2. The van der Waals surface area contributed by atoms with Crippen LogP contribution in [0.4, 0.5) is 10.1 Å². The maximum atomic E-state index is 14.1. The number of hydrogen-bond acceptors (Lipinski definition) is 2. The molecule has 1 aliphatic rings. The van der Waals surface area contributed by atoms with Crippen LogP contribution >= 0.6 is 11.8 Å². The molecule has 0 unspecified atom stereocenters. The van der Waals surface area contributed by atoms with Crippen molar-refractivity contribution in [3.8, 4) is 0 Å². The number of unbranched alkanes of at least 4 members (excludes halogenated alkanes) is 1. The number of hydrogen-bond donors (Lipinski definition) is 0. The summed E-state index contributed by atoms with van der Waals surface area (Å²) in [6.45, 7) is 2.17. The van der Waals surface area contributed by atoms with Gasteiger partial charge < -0.3 is 0 Å². The first-order chi connectivity index (χ1) is 11.2. The fourth-order valence-electron chi connectivity index (χ4n) is 2.81. The second-order valence-electron chi connectivity index (χ2n) is 5.72. The summed E-state index contributed by atoms with van der Waals surface area (Å²) in [4.78, 5) is 14.0. The summed E-state index contributed by atoms with van der Waals surface area (Å²) in [6.07, 6.45) is 3.38. The van der Waals surface area contributed by atoms with Crippen molar-refractivity contribution in [2.45, 2.75) is 31.6 Å². The zero-order valence-electron chi connectivity index (χ0n) is 13.2. The Bertz CT molecular complexity index is 686. The molecule has 1 saturated heterocycles. The van der Waals surface area contributed by atoms with Crippen LogP contribution in [0, 0.1) is 5.82 Å². The van der Waals surface area contributed by atoms with E-state index in [0.717, 1.165) is 18.5 Å². The van der Waals surface area contributed by atoms with Crippen molar-refractivity contribution in [1.82, 2.24) is 0 Å². The molecule has 1 fully saturated rings. The van der Waals surface area contributed by atoms with Crippen molar-refractivity contribution in [2.75, 3.05) is 10.7 Å². The van der Waals surface area contributed by atoms with Crippen molar-refractivity contribution in [1.29, 1.82) is 0 Å². The lowest BCUT2D eigenvalue weighted by atomic mass is 10.1. The molecular weight excluding hydrogens is 309 g/mol. The Labute approximate surface area is 140 Å². The van der Waals surface area contributed by atoms with Crippen LogP contribution in [0.2, 0.25) is 0 Å². The van der Waals surface area contributed by atoms with Crippen molar-refractivity contribution in [3.63, 3.8) is 0 Å². The molecule has 3 rings (SSSR count). The molecule has 0 bridgehead atoms. The van der Waals surface area contributed by atoms with Gasteiger partial charge in [-0.05, 0) is 36.6 Å². The normalized spacial score (nSPS) is 17.7. The van der Waals surface area contributed by atoms with Gasteiger partial charge in [0.25, 0.3) is 0 Å². The Morgan fingerprint density at radius 2 is 1.91 bits per heavy atom. The van der Waals surface area contributed by atoms with E-state index in [-0.39, 0.29) is 17.1 Å². The minimum Gasteiger partial charge on any atom is -0.295 e. The predicted octanol–water partition coefficient (Wildman–Crippen LogP) is 4.95. The van der Waals surface area contributed by atoms with Gasteiger partial charge in [-0.1, -0.05) is 43.7 Å². The minimum atomic E-state index is -0.287. The average molecular weight is 329 g/mol. The number of halogens is 1. The Morgan fingerprint density at radius 1 is 1.17 bits per heavy atom. The van der Waals surface area contributed by atoms with E-state index in [4.69, 9.17) is 0 Å². The molecule has 0 aromatic heterocycles. The molecule has 4 heteroatoms. The quantitative estimate of drug-likeness (QED) is 0.774. The van der Waals surface area contributed by atoms with Crippen LogP contribution in [-0.4, -0.2) is 11.7 Å². The first-order valence-corrected chi connectivity index (χ1v) is 9.02. The van der Waals surface area contributed by atoms with E-state index < -0.39 is 0 Å². The lowest BCUT2D eigenvalue weighted by Gasteiger charge is -2.24. The molecule has 1 heterocycles. The number of thioether (sulfide) groups is 1. The van der Waals surface area contributed by atoms with Crippen LogP contribution in [0.1, 0.15) is 36.3 Å². The summed E-state index contributed by atoms with van der Waals surface area (Å²) in [5, 5.41) is -0.287. The second-order valence-corrected chi connectivity index (χ2v) is 6.79. The van der Waals surface area contributed by atoms with Gasteiger partial charge in [0.1, 0.15) is 11.2 Å². The SMILES string of the molecule is CCCCc1ccc(N2C(=O)CS[C@H]2c2ccccc2F)cc1. The third-order valence-corrected chi connectivity index (χ3v) is 5.27. The summed E-state index contributed by atoms with van der Waals surface area (Å²) in [6, 6.07) is 14.8. The van der Waals surface area contributed by atoms with Crippen LogP contribution in [-0.2, 0) is 11.2 Å². The highest BCUT2D eigenvalue weighted by Crippen LogP contribution is 2.42. The summed E-state index contributed by atoms with van der Waals surface area (Å²) in [5.41, 5.74) is 2.68. The smallest absolute Gasteiger partial charge is 0.238 e. The maximum absolute atomic E-state index is 14.1. The van der Waals surface area contributed by atoms with Crippen LogP contribution in [0.5, 0.6) is 0 Å². The molecule has 2 aromatic rings. The molecule has 1 amide bonds. The number of nitrogens with zero attached hydrogens (tertiary/aromatic N) is 1. The topological polar surface area (TPSA) is 20.3 Å². The first kappa shape index (κ1) is 16.1. The molecule has 0 N–H and O–H groups in total. The molecular formula is C19H20FNOS. The number of rotatable bonds is 5. The molecule has 120 valence electrons. The van der Waals surface area contributed by atoms with Gasteiger partial charge in [0.2, 0.25) is 5.91 Å². The van der Waals surface area contributed by atoms with Gasteiger partial charge >= 0.3 is 0 Å². The molecule has 0 saturated carbocycles. The van der Waals surface area contributed by atoms with E-state index in [0.29, 0.717) is 11.3 Å². The third kappa shape index (κ3) is 3.42. The van der Waals surface area contributed by atoms with Crippen LogP contribution in [0.25, 0.3) is 0 Å². The zero-order valence-corrected chi connectivity index (χ0v) is 14.0. The second kappa shape index (κ2) is 7.18. The van der Waals surface area contributed by atoms with Gasteiger partial charge in [0.15, 0.2) is 0 Å². The van der Waals surface area contributed by atoms with Crippen molar-refractivity contribution in [3.05, 3.63) is 65.5 Å². The summed E-state index contributed by atoms with van der Waals surface area (Å²) < 4.78 is 14.1. The fourth-order valence-corrected chi connectivity index (χ4v) is 4.01. The lowest BCUT2D eigenvalue weighted by molar-refractivity contribution is -0.115. The highest BCUT2D eigenvalue weighted by molar-refractivity contribution is 8.00. The molecule has 0 spiro atoms. The molecule has 1 aliphatic heterocycles. The summed E-state index contributed by atoms with van der Waals surface area (Å²) >= 11 is 1.48. The van der Waals surface area contributed by atoms with Crippen LogP contribution < -0.4 is 4.90 Å². The highest BCUT2D eigenvalue weighted by atomic mass is 32.2.